The van der Waals surface area contributed by atoms with Crippen molar-refractivity contribution in [1.29, 1.82) is 0 Å². The van der Waals surface area contributed by atoms with Crippen LogP contribution in [0.15, 0.2) is 28.7 Å². The molecule has 0 saturated carbocycles. The number of rotatable bonds is 4. The van der Waals surface area contributed by atoms with E-state index in [0.717, 1.165) is 11.5 Å². The van der Waals surface area contributed by atoms with Crippen molar-refractivity contribution >= 4 is 11.8 Å². The largest absolute Gasteiger partial charge is 0.464 e. The number of aryl methyl sites for hydroxylation is 1. The van der Waals surface area contributed by atoms with Gasteiger partial charge in [-0.2, -0.15) is 0 Å². The molecule has 0 amide bonds. The first-order valence-electron chi connectivity index (χ1n) is 5.85. The zero-order chi connectivity index (χ0) is 13.8. The summed E-state index contributed by atoms with van der Waals surface area (Å²) in [7, 11) is 1.30. The number of esters is 1. The van der Waals surface area contributed by atoms with Crippen LogP contribution in [0.3, 0.4) is 0 Å². The van der Waals surface area contributed by atoms with E-state index in [2.05, 4.69) is 20.3 Å². The molecule has 0 fully saturated rings. The molecule has 2 rings (SSSR count). The minimum absolute atomic E-state index is 0.0352. The van der Waals surface area contributed by atoms with Crippen LogP contribution in [0.4, 0.5) is 5.82 Å². The van der Waals surface area contributed by atoms with Gasteiger partial charge in [0.2, 0.25) is 0 Å². The third kappa shape index (κ3) is 3.09. The summed E-state index contributed by atoms with van der Waals surface area (Å²) >= 11 is 0. The van der Waals surface area contributed by atoms with E-state index in [9.17, 15) is 4.79 Å². The first kappa shape index (κ1) is 13.1. The topological polar surface area (TPSA) is 77.2 Å². The quantitative estimate of drug-likeness (QED) is 0.851. The van der Waals surface area contributed by atoms with E-state index >= 15 is 0 Å². The fraction of sp³-hybridized carbons (Fsp3) is 0.308. The highest BCUT2D eigenvalue weighted by atomic mass is 16.5. The van der Waals surface area contributed by atoms with E-state index < -0.39 is 5.97 Å². The van der Waals surface area contributed by atoms with E-state index in [1.165, 1.54) is 7.11 Å². The molecule has 0 saturated heterocycles. The third-order valence-corrected chi connectivity index (χ3v) is 2.61. The molecule has 2 aromatic heterocycles. The number of anilines is 1. The van der Waals surface area contributed by atoms with Crippen LogP contribution in [0.25, 0.3) is 0 Å². The molecule has 0 aliphatic heterocycles. The van der Waals surface area contributed by atoms with Crippen LogP contribution in [-0.4, -0.2) is 23.3 Å². The van der Waals surface area contributed by atoms with Gasteiger partial charge in [-0.25, -0.2) is 4.79 Å². The maximum atomic E-state index is 11.2. The highest BCUT2D eigenvalue weighted by Gasteiger charge is 2.12. The third-order valence-electron chi connectivity index (χ3n) is 2.61. The Morgan fingerprint density at radius 2 is 2.11 bits per heavy atom. The molecule has 100 valence electrons. The van der Waals surface area contributed by atoms with Crippen molar-refractivity contribution < 1.29 is 13.9 Å². The number of aromatic nitrogens is 2. The van der Waals surface area contributed by atoms with Gasteiger partial charge in [-0.3, -0.25) is 0 Å². The fourth-order valence-electron chi connectivity index (χ4n) is 1.60. The Bertz CT molecular complexity index is 563. The maximum absolute atomic E-state index is 11.2. The van der Waals surface area contributed by atoms with Gasteiger partial charge >= 0.3 is 5.97 Å². The molecule has 0 spiro atoms. The highest BCUT2D eigenvalue weighted by Crippen LogP contribution is 2.19. The molecule has 0 aromatic carbocycles. The molecule has 2 heterocycles. The van der Waals surface area contributed by atoms with Gasteiger partial charge < -0.3 is 14.5 Å². The average Bonchev–Trinajstić information content (AvgIpc) is 2.85. The number of carbonyl (C=O) groups excluding carboxylic acids is 1. The summed E-state index contributed by atoms with van der Waals surface area (Å²) in [5.41, 5.74) is 0.176. The Morgan fingerprint density at radius 3 is 2.63 bits per heavy atom. The Kier molecular flexibility index (Phi) is 3.79. The summed E-state index contributed by atoms with van der Waals surface area (Å²) in [5, 5.41) is 10.8. The van der Waals surface area contributed by atoms with E-state index in [-0.39, 0.29) is 11.7 Å². The molecule has 0 radical (unpaired) electrons. The number of nitrogens with zero attached hydrogens (tertiary/aromatic N) is 2. The zero-order valence-electron chi connectivity index (χ0n) is 11.0. The lowest BCUT2D eigenvalue weighted by Crippen LogP contribution is -2.10. The van der Waals surface area contributed by atoms with Gasteiger partial charge in [0.25, 0.3) is 0 Å². The molecule has 1 unspecified atom stereocenters. The summed E-state index contributed by atoms with van der Waals surface area (Å²) in [4.78, 5) is 11.2. The lowest BCUT2D eigenvalue weighted by Gasteiger charge is -2.11. The van der Waals surface area contributed by atoms with Gasteiger partial charge in [-0.1, -0.05) is 0 Å². The average molecular weight is 261 g/mol. The minimum atomic E-state index is -0.506. The lowest BCUT2D eigenvalue weighted by atomic mass is 10.2. The second-order valence-electron chi connectivity index (χ2n) is 4.11. The first-order chi connectivity index (χ1) is 9.10. The van der Waals surface area contributed by atoms with Crippen molar-refractivity contribution in [2.75, 3.05) is 12.4 Å². The summed E-state index contributed by atoms with van der Waals surface area (Å²) < 4.78 is 10.1. The number of furan rings is 1. The molecule has 1 atom stereocenters. The number of ether oxygens (including phenoxy) is 1. The van der Waals surface area contributed by atoms with Gasteiger partial charge in [-0.05, 0) is 38.1 Å². The van der Waals surface area contributed by atoms with Crippen LogP contribution in [0.2, 0.25) is 0 Å². The van der Waals surface area contributed by atoms with Crippen LogP contribution in [0.5, 0.6) is 0 Å². The number of methoxy groups -OCH3 is 1. The molecule has 0 aliphatic rings. The molecule has 6 heteroatoms. The van der Waals surface area contributed by atoms with Crippen LogP contribution in [0, 0.1) is 6.92 Å². The van der Waals surface area contributed by atoms with Crippen molar-refractivity contribution in [1.82, 2.24) is 10.2 Å². The molecule has 0 bridgehead atoms. The van der Waals surface area contributed by atoms with Gasteiger partial charge in [-0.15, -0.1) is 10.2 Å². The Hall–Kier alpha value is -2.37. The van der Waals surface area contributed by atoms with Crippen LogP contribution in [-0.2, 0) is 4.74 Å². The number of nitrogens with one attached hydrogen (secondary N) is 1. The van der Waals surface area contributed by atoms with Gasteiger partial charge in [0.1, 0.15) is 17.3 Å². The smallest absolute Gasteiger partial charge is 0.358 e. The maximum Gasteiger partial charge on any atom is 0.358 e. The Labute approximate surface area is 110 Å². The van der Waals surface area contributed by atoms with Gasteiger partial charge in [0.15, 0.2) is 5.69 Å². The molecule has 19 heavy (non-hydrogen) atoms. The van der Waals surface area contributed by atoms with E-state index in [1.807, 2.05) is 26.0 Å². The molecule has 2 aromatic rings. The molecular weight excluding hydrogens is 246 g/mol. The molecule has 6 nitrogen and oxygen atoms in total. The predicted molar refractivity (Wildman–Crippen MR) is 68.9 cm³/mol. The van der Waals surface area contributed by atoms with Crippen LogP contribution >= 0.6 is 0 Å². The monoisotopic (exact) mass is 261 g/mol. The summed E-state index contributed by atoms with van der Waals surface area (Å²) in [5.74, 6) is 1.73. The van der Waals surface area contributed by atoms with Gasteiger partial charge in [0.05, 0.1) is 13.2 Å². The lowest BCUT2D eigenvalue weighted by molar-refractivity contribution is 0.0593. The van der Waals surface area contributed by atoms with Crippen molar-refractivity contribution in [3.63, 3.8) is 0 Å². The molecule has 0 aliphatic carbocycles. The van der Waals surface area contributed by atoms with Gasteiger partial charge in [0, 0.05) is 0 Å². The SMILES string of the molecule is COC(=O)c1ccc(NC(C)c2ccc(C)o2)nn1. The standard InChI is InChI=1S/C13H15N3O3/c1-8-4-6-11(19-8)9(2)14-12-7-5-10(15-16-12)13(17)18-3/h4-7,9H,1-3H3,(H,14,16). The highest BCUT2D eigenvalue weighted by molar-refractivity contribution is 5.86. The fourth-order valence-corrected chi connectivity index (χ4v) is 1.60. The minimum Gasteiger partial charge on any atom is -0.464 e. The Balaban J connectivity index is 2.05. The normalized spacial score (nSPS) is 11.9. The zero-order valence-corrected chi connectivity index (χ0v) is 11.0. The summed E-state index contributed by atoms with van der Waals surface area (Å²) in [6, 6.07) is 7.00. The second kappa shape index (κ2) is 5.51. The van der Waals surface area contributed by atoms with Crippen molar-refractivity contribution in [2.24, 2.45) is 0 Å². The number of carbonyl (C=O) groups is 1. The predicted octanol–water partition coefficient (Wildman–Crippen LogP) is 2.34. The number of hydrogen-bond acceptors (Lipinski definition) is 6. The summed E-state index contributed by atoms with van der Waals surface area (Å²) in [6.45, 7) is 3.84. The summed E-state index contributed by atoms with van der Waals surface area (Å²) in [6.07, 6.45) is 0. The van der Waals surface area contributed by atoms with Crippen molar-refractivity contribution in [3.8, 4) is 0 Å². The van der Waals surface area contributed by atoms with Crippen LogP contribution in [0.1, 0.15) is 35.0 Å². The van der Waals surface area contributed by atoms with E-state index in [0.29, 0.717) is 5.82 Å². The van der Waals surface area contributed by atoms with E-state index in [4.69, 9.17) is 4.42 Å². The van der Waals surface area contributed by atoms with Crippen LogP contribution < -0.4 is 5.32 Å². The molecule has 1 N–H and O–H groups in total. The number of hydrogen-bond donors (Lipinski definition) is 1. The first-order valence-corrected chi connectivity index (χ1v) is 5.85. The molecular formula is C13H15N3O3. The van der Waals surface area contributed by atoms with Crippen molar-refractivity contribution in [3.05, 3.63) is 41.5 Å². The Morgan fingerprint density at radius 1 is 1.32 bits per heavy atom. The second-order valence-corrected chi connectivity index (χ2v) is 4.11. The van der Waals surface area contributed by atoms with Crippen molar-refractivity contribution in [2.45, 2.75) is 19.9 Å². The van der Waals surface area contributed by atoms with E-state index in [1.54, 1.807) is 12.1 Å².